The Balaban J connectivity index is 2.10. The van der Waals surface area contributed by atoms with Crippen LogP contribution in [-0.2, 0) is 0 Å². The number of hydrogen-bond acceptors (Lipinski definition) is 5. The summed E-state index contributed by atoms with van der Waals surface area (Å²) in [4.78, 5) is 17.0. The van der Waals surface area contributed by atoms with Crippen molar-refractivity contribution in [2.24, 2.45) is 0 Å². The van der Waals surface area contributed by atoms with Gasteiger partial charge in [0.15, 0.2) is 0 Å². The summed E-state index contributed by atoms with van der Waals surface area (Å²) in [5.41, 5.74) is 4.05. The minimum Gasteiger partial charge on any atom is -0.392 e. The van der Waals surface area contributed by atoms with E-state index in [1.165, 1.54) is 0 Å². The molecule has 0 spiro atoms. The van der Waals surface area contributed by atoms with Gasteiger partial charge in [-0.2, -0.15) is 0 Å². The Hall–Kier alpha value is -2.73. The van der Waals surface area contributed by atoms with Gasteiger partial charge in [0.25, 0.3) is 11.6 Å². The van der Waals surface area contributed by atoms with Gasteiger partial charge in [0.05, 0.1) is 28.4 Å². The van der Waals surface area contributed by atoms with Gasteiger partial charge in [-0.15, -0.1) is 0 Å². The molecule has 0 saturated heterocycles. The maximum atomic E-state index is 12.5. The molecular weight excluding hydrogens is 306 g/mol. The third kappa shape index (κ3) is 3.14. The van der Waals surface area contributed by atoms with Gasteiger partial charge in [0.2, 0.25) is 0 Å². The average Bonchev–Trinajstić information content (AvgIpc) is 2.94. The van der Waals surface area contributed by atoms with Crippen molar-refractivity contribution < 1.29 is 14.4 Å². The molecule has 0 saturated carbocycles. The van der Waals surface area contributed by atoms with Crippen LogP contribution in [0.15, 0.2) is 34.9 Å². The van der Waals surface area contributed by atoms with Gasteiger partial charge in [-0.1, -0.05) is 35.0 Å². The maximum Gasteiger partial charge on any atom is 0.259 e. The van der Waals surface area contributed by atoms with Crippen LogP contribution in [0.25, 0.3) is 22.4 Å². The van der Waals surface area contributed by atoms with Crippen molar-refractivity contribution in [3.63, 3.8) is 0 Å². The number of fused-ring (bicyclic) bond motifs is 1. The van der Waals surface area contributed by atoms with Crippen LogP contribution in [0.1, 0.15) is 28.5 Å². The predicted molar refractivity (Wildman–Crippen MR) is 90.7 cm³/mol. The lowest BCUT2D eigenvalue weighted by molar-refractivity contribution is 0.0925. The maximum absolute atomic E-state index is 12.5. The molecule has 1 unspecified atom stereocenters. The molecule has 2 N–H and O–H groups in total. The molecule has 124 valence electrons. The highest BCUT2D eigenvalue weighted by molar-refractivity contribution is 6.07. The molecule has 0 aliphatic rings. The number of carbonyl (C=O) groups excluding carboxylic acids is 1. The van der Waals surface area contributed by atoms with Crippen LogP contribution in [0, 0.1) is 13.8 Å². The molecule has 0 aliphatic heterocycles. The predicted octanol–water partition coefficient (Wildman–Crippen LogP) is 2.62. The number of benzene rings is 1. The highest BCUT2D eigenvalue weighted by atomic mass is 16.5. The number of nitrogens with zero attached hydrogens (tertiary/aromatic N) is 2. The summed E-state index contributed by atoms with van der Waals surface area (Å²) in [6.45, 7) is 5.57. The number of carbonyl (C=O) groups is 1. The third-order valence-electron chi connectivity index (χ3n) is 3.77. The monoisotopic (exact) mass is 325 g/mol. The van der Waals surface area contributed by atoms with Crippen LogP contribution in [0.3, 0.4) is 0 Å². The first-order chi connectivity index (χ1) is 11.5. The fraction of sp³-hybridized carbons (Fsp3) is 0.278. The molecule has 1 atom stereocenters. The second-order valence-electron chi connectivity index (χ2n) is 5.93. The van der Waals surface area contributed by atoms with E-state index >= 15 is 0 Å². The van der Waals surface area contributed by atoms with Gasteiger partial charge in [0, 0.05) is 12.1 Å². The van der Waals surface area contributed by atoms with Crippen LogP contribution < -0.4 is 5.32 Å². The summed E-state index contributed by atoms with van der Waals surface area (Å²) in [6.07, 6.45) is -0.619. The van der Waals surface area contributed by atoms with Crippen LogP contribution in [0.5, 0.6) is 0 Å². The van der Waals surface area contributed by atoms with Gasteiger partial charge in [-0.05, 0) is 26.8 Å². The molecule has 1 aromatic carbocycles. The molecule has 2 heterocycles. The third-order valence-corrected chi connectivity index (χ3v) is 3.77. The van der Waals surface area contributed by atoms with Gasteiger partial charge < -0.3 is 14.9 Å². The van der Waals surface area contributed by atoms with Gasteiger partial charge in [-0.3, -0.25) is 4.79 Å². The molecule has 0 radical (unpaired) electrons. The van der Waals surface area contributed by atoms with Crippen LogP contribution in [-0.4, -0.2) is 33.8 Å². The molecule has 6 heteroatoms. The molecule has 0 bridgehead atoms. The Bertz CT molecular complexity index is 882. The molecule has 1 amide bonds. The smallest absolute Gasteiger partial charge is 0.259 e. The highest BCUT2D eigenvalue weighted by Gasteiger charge is 2.19. The molecule has 24 heavy (non-hydrogen) atoms. The normalized spacial score (nSPS) is 12.3. The number of aryl methyl sites for hydroxylation is 2. The van der Waals surface area contributed by atoms with Crippen molar-refractivity contribution >= 4 is 17.0 Å². The Morgan fingerprint density at radius 2 is 2.00 bits per heavy atom. The van der Waals surface area contributed by atoms with Crippen LogP contribution in [0.4, 0.5) is 0 Å². The molecule has 0 fully saturated rings. The van der Waals surface area contributed by atoms with E-state index in [9.17, 15) is 9.90 Å². The first kappa shape index (κ1) is 16.1. The van der Waals surface area contributed by atoms with E-state index in [0.29, 0.717) is 28.1 Å². The number of aliphatic hydroxyl groups is 1. The topological polar surface area (TPSA) is 88.2 Å². The fourth-order valence-corrected chi connectivity index (χ4v) is 2.48. The first-order valence-electron chi connectivity index (χ1n) is 7.76. The Labute approximate surface area is 139 Å². The number of aliphatic hydroxyl groups excluding tert-OH is 1. The fourth-order valence-electron chi connectivity index (χ4n) is 2.48. The van der Waals surface area contributed by atoms with Crippen molar-refractivity contribution in [1.82, 2.24) is 15.5 Å². The van der Waals surface area contributed by atoms with E-state index in [0.717, 1.165) is 11.1 Å². The minimum atomic E-state index is -0.619. The van der Waals surface area contributed by atoms with Crippen molar-refractivity contribution in [2.45, 2.75) is 26.9 Å². The minimum absolute atomic E-state index is 0.173. The van der Waals surface area contributed by atoms with Crippen LogP contribution in [0.2, 0.25) is 0 Å². The van der Waals surface area contributed by atoms with E-state index in [-0.39, 0.29) is 12.5 Å². The molecule has 6 nitrogen and oxygen atoms in total. The zero-order chi connectivity index (χ0) is 17.3. The molecule has 3 rings (SSSR count). The lowest BCUT2D eigenvalue weighted by atomic mass is 10.0. The molecule has 3 aromatic rings. The summed E-state index contributed by atoms with van der Waals surface area (Å²) in [7, 11) is 0. The average molecular weight is 325 g/mol. The van der Waals surface area contributed by atoms with E-state index in [1.807, 2.05) is 31.2 Å². The van der Waals surface area contributed by atoms with Crippen molar-refractivity contribution in [1.29, 1.82) is 0 Å². The first-order valence-corrected chi connectivity index (χ1v) is 7.76. The summed E-state index contributed by atoms with van der Waals surface area (Å²) >= 11 is 0. The zero-order valence-corrected chi connectivity index (χ0v) is 13.8. The highest BCUT2D eigenvalue weighted by Crippen LogP contribution is 2.27. The van der Waals surface area contributed by atoms with Gasteiger partial charge in [0.1, 0.15) is 0 Å². The standard InChI is InChI=1S/C18H19N3O3/c1-10-4-6-13(7-5-10)15-8-14(17(23)19-9-11(2)22)16-12(3)21-24-18(16)20-15/h4-8,11,22H,9H2,1-3H3,(H,19,23). The van der Waals surface area contributed by atoms with Crippen molar-refractivity contribution in [3.8, 4) is 11.3 Å². The Kier molecular flexibility index (Phi) is 4.31. The number of rotatable bonds is 4. The quantitative estimate of drug-likeness (QED) is 0.770. The summed E-state index contributed by atoms with van der Waals surface area (Å²) in [5.74, 6) is -0.289. The van der Waals surface area contributed by atoms with Crippen molar-refractivity contribution in [3.05, 3.63) is 47.2 Å². The number of hydrogen-bond donors (Lipinski definition) is 2. The Morgan fingerprint density at radius 1 is 1.29 bits per heavy atom. The van der Waals surface area contributed by atoms with E-state index in [2.05, 4.69) is 15.5 Å². The summed E-state index contributed by atoms with van der Waals surface area (Å²) in [5, 5.41) is 16.6. The summed E-state index contributed by atoms with van der Waals surface area (Å²) in [6, 6.07) is 9.60. The van der Waals surface area contributed by atoms with Gasteiger partial charge >= 0.3 is 0 Å². The molecular formula is C18H19N3O3. The number of pyridine rings is 1. The lowest BCUT2D eigenvalue weighted by Crippen LogP contribution is -2.30. The SMILES string of the molecule is Cc1ccc(-c2cc(C(=O)NCC(C)O)c3c(C)noc3n2)cc1. The second kappa shape index (κ2) is 6.41. The largest absolute Gasteiger partial charge is 0.392 e. The van der Waals surface area contributed by atoms with Gasteiger partial charge in [-0.25, -0.2) is 4.98 Å². The number of amides is 1. The number of nitrogens with one attached hydrogen (secondary N) is 1. The van der Waals surface area contributed by atoms with E-state index in [1.54, 1.807) is 19.9 Å². The number of aromatic nitrogens is 2. The molecule has 0 aliphatic carbocycles. The Morgan fingerprint density at radius 3 is 2.67 bits per heavy atom. The molecule has 2 aromatic heterocycles. The van der Waals surface area contributed by atoms with E-state index < -0.39 is 6.10 Å². The second-order valence-corrected chi connectivity index (χ2v) is 5.93. The summed E-state index contributed by atoms with van der Waals surface area (Å²) < 4.78 is 5.26. The van der Waals surface area contributed by atoms with E-state index in [4.69, 9.17) is 4.52 Å². The zero-order valence-electron chi connectivity index (χ0n) is 13.8. The lowest BCUT2D eigenvalue weighted by Gasteiger charge is -2.09. The van der Waals surface area contributed by atoms with Crippen LogP contribution >= 0.6 is 0 Å². The van der Waals surface area contributed by atoms with Crippen molar-refractivity contribution in [2.75, 3.05) is 6.54 Å².